The lowest BCUT2D eigenvalue weighted by molar-refractivity contribution is -0.138. The SMILES string of the molecule is CC(CC(=O)O)CC(=O)NCc1cccc2ccccc12. The van der Waals surface area contributed by atoms with Crippen LogP contribution in [0, 0.1) is 5.92 Å². The van der Waals surface area contributed by atoms with E-state index >= 15 is 0 Å². The standard InChI is InChI=1S/C17H19NO3/c1-12(10-17(20)21)9-16(19)18-11-14-7-4-6-13-5-2-3-8-15(13)14/h2-8,12H,9-11H2,1H3,(H,18,19)(H,20,21). The molecule has 1 atom stereocenters. The first kappa shape index (κ1) is 15.0. The van der Waals surface area contributed by atoms with Gasteiger partial charge in [0.05, 0.1) is 0 Å². The second-order valence-electron chi connectivity index (χ2n) is 5.32. The molecule has 4 nitrogen and oxygen atoms in total. The van der Waals surface area contributed by atoms with Crippen LogP contribution in [0.4, 0.5) is 0 Å². The van der Waals surface area contributed by atoms with Crippen molar-refractivity contribution in [3.63, 3.8) is 0 Å². The number of aliphatic carboxylic acids is 1. The number of hydrogen-bond donors (Lipinski definition) is 2. The van der Waals surface area contributed by atoms with Gasteiger partial charge in [0.2, 0.25) is 5.91 Å². The van der Waals surface area contributed by atoms with E-state index in [-0.39, 0.29) is 24.7 Å². The summed E-state index contributed by atoms with van der Waals surface area (Å²) in [6.07, 6.45) is 0.249. The summed E-state index contributed by atoms with van der Waals surface area (Å²) in [4.78, 5) is 22.4. The Kier molecular flexibility index (Phi) is 4.93. The molecule has 0 heterocycles. The predicted octanol–water partition coefficient (Wildman–Crippen LogP) is 2.96. The first-order chi connectivity index (χ1) is 10.1. The van der Waals surface area contributed by atoms with Crippen molar-refractivity contribution in [1.29, 1.82) is 0 Å². The summed E-state index contributed by atoms with van der Waals surface area (Å²) >= 11 is 0. The second-order valence-corrected chi connectivity index (χ2v) is 5.32. The summed E-state index contributed by atoms with van der Waals surface area (Å²) in [6.45, 7) is 2.23. The Bertz CT molecular complexity index is 646. The van der Waals surface area contributed by atoms with E-state index < -0.39 is 5.97 Å². The first-order valence-corrected chi connectivity index (χ1v) is 7.01. The molecule has 2 N–H and O–H groups in total. The largest absolute Gasteiger partial charge is 0.481 e. The molecule has 0 saturated heterocycles. The van der Waals surface area contributed by atoms with Gasteiger partial charge in [0.25, 0.3) is 0 Å². The van der Waals surface area contributed by atoms with Gasteiger partial charge in [-0.25, -0.2) is 0 Å². The number of carboxylic acid groups (broad SMARTS) is 1. The summed E-state index contributed by atoms with van der Waals surface area (Å²) in [5.41, 5.74) is 1.06. The van der Waals surface area contributed by atoms with Crippen LogP contribution in [-0.4, -0.2) is 17.0 Å². The van der Waals surface area contributed by atoms with Crippen molar-refractivity contribution < 1.29 is 14.7 Å². The number of carbonyl (C=O) groups is 2. The van der Waals surface area contributed by atoms with E-state index in [0.29, 0.717) is 6.54 Å². The third kappa shape index (κ3) is 4.31. The van der Waals surface area contributed by atoms with Crippen molar-refractivity contribution in [3.8, 4) is 0 Å². The molecule has 0 aliphatic heterocycles. The molecule has 0 bridgehead atoms. The van der Waals surface area contributed by atoms with E-state index in [4.69, 9.17) is 5.11 Å². The number of carbonyl (C=O) groups excluding carboxylic acids is 1. The summed E-state index contributed by atoms with van der Waals surface area (Å²) < 4.78 is 0. The normalized spacial score (nSPS) is 12.0. The van der Waals surface area contributed by atoms with Crippen molar-refractivity contribution in [2.75, 3.05) is 0 Å². The Morgan fingerprint density at radius 3 is 2.57 bits per heavy atom. The molecule has 1 amide bonds. The molecule has 2 aromatic carbocycles. The zero-order valence-electron chi connectivity index (χ0n) is 12.0. The third-order valence-corrected chi connectivity index (χ3v) is 3.41. The number of hydrogen-bond acceptors (Lipinski definition) is 2. The van der Waals surface area contributed by atoms with Gasteiger partial charge >= 0.3 is 5.97 Å². The van der Waals surface area contributed by atoms with Gasteiger partial charge in [0.1, 0.15) is 0 Å². The Labute approximate surface area is 123 Å². The molecule has 21 heavy (non-hydrogen) atoms. The Morgan fingerprint density at radius 1 is 1.10 bits per heavy atom. The summed E-state index contributed by atoms with van der Waals surface area (Å²) in [7, 11) is 0. The van der Waals surface area contributed by atoms with Crippen molar-refractivity contribution in [3.05, 3.63) is 48.0 Å². The fourth-order valence-corrected chi connectivity index (χ4v) is 2.40. The minimum Gasteiger partial charge on any atom is -0.481 e. The van der Waals surface area contributed by atoms with Gasteiger partial charge in [-0.3, -0.25) is 9.59 Å². The van der Waals surface area contributed by atoms with Gasteiger partial charge < -0.3 is 10.4 Å². The Hall–Kier alpha value is -2.36. The van der Waals surface area contributed by atoms with E-state index in [0.717, 1.165) is 16.3 Å². The lowest BCUT2D eigenvalue weighted by Gasteiger charge is -2.11. The van der Waals surface area contributed by atoms with Gasteiger partial charge in [-0.15, -0.1) is 0 Å². The fraction of sp³-hybridized carbons (Fsp3) is 0.294. The number of carboxylic acids is 1. The maximum absolute atomic E-state index is 11.8. The van der Waals surface area contributed by atoms with E-state index in [1.165, 1.54) is 0 Å². The maximum Gasteiger partial charge on any atom is 0.303 e. The van der Waals surface area contributed by atoms with Crippen LogP contribution in [0.5, 0.6) is 0 Å². The fourth-order valence-electron chi connectivity index (χ4n) is 2.40. The molecule has 0 aliphatic rings. The van der Waals surface area contributed by atoms with Crippen molar-refractivity contribution in [2.45, 2.75) is 26.3 Å². The van der Waals surface area contributed by atoms with E-state index in [1.807, 2.05) is 42.5 Å². The lowest BCUT2D eigenvalue weighted by atomic mass is 10.0. The van der Waals surface area contributed by atoms with E-state index in [1.54, 1.807) is 6.92 Å². The molecule has 110 valence electrons. The van der Waals surface area contributed by atoms with E-state index in [9.17, 15) is 9.59 Å². The average Bonchev–Trinajstić information content (AvgIpc) is 2.44. The minimum atomic E-state index is -0.871. The highest BCUT2D eigenvalue weighted by Gasteiger charge is 2.12. The Balaban J connectivity index is 1.95. The van der Waals surface area contributed by atoms with E-state index in [2.05, 4.69) is 5.32 Å². The Morgan fingerprint density at radius 2 is 1.81 bits per heavy atom. The lowest BCUT2D eigenvalue weighted by Crippen LogP contribution is -2.25. The highest BCUT2D eigenvalue weighted by atomic mass is 16.4. The molecule has 1 unspecified atom stereocenters. The van der Waals surface area contributed by atoms with Crippen molar-refractivity contribution in [1.82, 2.24) is 5.32 Å². The quantitative estimate of drug-likeness (QED) is 0.857. The van der Waals surface area contributed by atoms with Crippen LogP contribution < -0.4 is 5.32 Å². The van der Waals surface area contributed by atoms with Gasteiger partial charge in [0.15, 0.2) is 0 Å². The van der Waals surface area contributed by atoms with Crippen LogP contribution in [-0.2, 0) is 16.1 Å². The number of fused-ring (bicyclic) bond motifs is 1. The second kappa shape index (κ2) is 6.88. The van der Waals surface area contributed by atoms with Crippen LogP contribution in [0.25, 0.3) is 10.8 Å². The van der Waals surface area contributed by atoms with Gasteiger partial charge in [-0.2, -0.15) is 0 Å². The smallest absolute Gasteiger partial charge is 0.303 e. The maximum atomic E-state index is 11.8. The third-order valence-electron chi connectivity index (χ3n) is 3.41. The van der Waals surface area contributed by atoms with Crippen molar-refractivity contribution >= 4 is 22.6 Å². The molecule has 0 saturated carbocycles. The molecule has 0 radical (unpaired) electrons. The monoisotopic (exact) mass is 285 g/mol. The minimum absolute atomic E-state index is 0.0156. The topological polar surface area (TPSA) is 66.4 Å². The predicted molar refractivity (Wildman–Crippen MR) is 81.8 cm³/mol. The zero-order valence-corrected chi connectivity index (χ0v) is 12.0. The van der Waals surface area contributed by atoms with Crippen LogP contribution in [0.2, 0.25) is 0 Å². The molecule has 0 aliphatic carbocycles. The molecular formula is C17H19NO3. The number of rotatable bonds is 6. The van der Waals surface area contributed by atoms with Crippen LogP contribution >= 0.6 is 0 Å². The van der Waals surface area contributed by atoms with Crippen molar-refractivity contribution in [2.24, 2.45) is 5.92 Å². The summed E-state index contributed by atoms with van der Waals surface area (Å²) in [6, 6.07) is 14.0. The first-order valence-electron chi connectivity index (χ1n) is 7.01. The highest BCUT2D eigenvalue weighted by Crippen LogP contribution is 2.18. The van der Waals surface area contributed by atoms with Crippen LogP contribution in [0.3, 0.4) is 0 Å². The molecule has 4 heteroatoms. The van der Waals surface area contributed by atoms with Gasteiger partial charge in [-0.1, -0.05) is 49.4 Å². The molecular weight excluding hydrogens is 266 g/mol. The number of benzene rings is 2. The van der Waals surface area contributed by atoms with Gasteiger partial charge in [0, 0.05) is 19.4 Å². The zero-order chi connectivity index (χ0) is 15.2. The number of amides is 1. The molecule has 0 aromatic heterocycles. The molecule has 2 rings (SSSR count). The van der Waals surface area contributed by atoms with Crippen LogP contribution in [0.1, 0.15) is 25.3 Å². The van der Waals surface area contributed by atoms with Crippen LogP contribution in [0.15, 0.2) is 42.5 Å². The summed E-state index contributed by atoms with van der Waals surface area (Å²) in [5.74, 6) is -1.14. The molecule has 0 spiro atoms. The van der Waals surface area contributed by atoms with Gasteiger partial charge in [-0.05, 0) is 22.3 Å². The summed E-state index contributed by atoms with van der Waals surface area (Å²) in [5, 5.41) is 13.8. The molecule has 2 aromatic rings. The average molecular weight is 285 g/mol. The molecule has 0 fully saturated rings. The number of nitrogens with one attached hydrogen (secondary N) is 1. The highest BCUT2D eigenvalue weighted by molar-refractivity contribution is 5.86.